The minimum absolute atomic E-state index is 0.776. The Balaban J connectivity index is 4.02. The standard InChI is InChI=1S/C18H39N/c1-5-9-11-12-13-15-18(19-16-7-3)17(8-4)14-10-6-2/h17-19H,5-16H2,1-4H3. The molecule has 0 saturated carbocycles. The molecular formula is C18H39N. The van der Waals surface area contributed by atoms with Gasteiger partial charge >= 0.3 is 0 Å². The highest BCUT2D eigenvalue weighted by Crippen LogP contribution is 2.21. The predicted molar refractivity (Wildman–Crippen MR) is 88.8 cm³/mol. The molecule has 0 saturated heterocycles. The van der Waals surface area contributed by atoms with E-state index in [1.54, 1.807) is 0 Å². The Labute approximate surface area is 122 Å². The first-order chi connectivity index (χ1) is 9.29. The maximum Gasteiger partial charge on any atom is 0.00952 e. The first-order valence-electron chi connectivity index (χ1n) is 9.03. The third-order valence-corrected chi connectivity index (χ3v) is 4.30. The van der Waals surface area contributed by atoms with E-state index in [1.165, 1.54) is 77.2 Å². The summed E-state index contributed by atoms with van der Waals surface area (Å²) >= 11 is 0. The molecule has 1 N–H and O–H groups in total. The van der Waals surface area contributed by atoms with Gasteiger partial charge in [0.15, 0.2) is 0 Å². The molecule has 0 fully saturated rings. The summed E-state index contributed by atoms with van der Waals surface area (Å²) in [6, 6.07) is 0.776. The van der Waals surface area contributed by atoms with Crippen LogP contribution in [-0.4, -0.2) is 12.6 Å². The summed E-state index contributed by atoms with van der Waals surface area (Å²) < 4.78 is 0. The number of unbranched alkanes of at least 4 members (excludes halogenated alkanes) is 5. The van der Waals surface area contributed by atoms with E-state index in [4.69, 9.17) is 0 Å². The molecule has 1 heteroatoms. The molecular weight excluding hydrogens is 230 g/mol. The second kappa shape index (κ2) is 14.4. The maximum atomic E-state index is 3.82. The van der Waals surface area contributed by atoms with Crippen molar-refractivity contribution in [2.75, 3.05) is 6.54 Å². The van der Waals surface area contributed by atoms with Gasteiger partial charge in [-0.3, -0.25) is 0 Å². The van der Waals surface area contributed by atoms with Crippen LogP contribution in [0.5, 0.6) is 0 Å². The van der Waals surface area contributed by atoms with Crippen molar-refractivity contribution in [2.24, 2.45) is 5.92 Å². The summed E-state index contributed by atoms with van der Waals surface area (Å²) in [6.07, 6.45) is 15.2. The quantitative estimate of drug-likeness (QED) is 0.385. The molecule has 0 heterocycles. The van der Waals surface area contributed by atoms with E-state index in [0.29, 0.717) is 0 Å². The number of nitrogens with one attached hydrogen (secondary N) is 1. The van der Waals surface area contributed by atoms with Crippen LogP contribution < -0.4 is 5.32 Å². The van der Waals surface area contributed by atoms with Crippen LogP contribution >= 0.6 is 0 Å². The van der Waals surface area contributed by atoms with Crippen LogP contribution in [0.3, 0.4) is 0 Å². The van der Waals surface area contributed by atoms with Gasteiger partial charge in [-0.05, 0) is 31.7 Å². The summed E-state index contributed by atoms with van der Waals surface area (Å²) in [4.78, 5) is 0. The summed E-state index contributed by atoms with van der Waals surface area (Å²) in [5.74, 6) is 0.901. The van der Waals surface area contributed by atoms with E-state index in [1.807, 2.05) is 0 Å². The lowest BCUT2D eigenvalue weighted by Crippen LogP contribution is -2.36. The highest BCUT2D eigenvalue weighted by atomic mass is 14.9. The monoisotopic (exact) mass is 269 g/mol. The third-order valence-electron chi connectivity index (χ3n) is 4.30. The average molecular weight is 270 g/mol. The lowest BCUT2D eigenvalue weighted by atomic mass is 9.88. The first-order valence-corrected chi connectivity index (χ1v) is 9.03. The molecule has 0 aliphatic carbocycles. The number of rotatable bonds is 14. The SMILES string of the molecule is CCCCCCCC(NCCC)C(CC)CCCC. The van der Waals surface area contributed by atoms with Crippen LogP contribution in [0.15, 0.2) is 0 Å². The van der Waals surface area contributed by atoms with Crippen molar-refractivity contribution in [3.05, 3.63) is 0 Å². The molecule has 0 aliphatic heterocycles. The molecule has 0 aromatic carbocycles. The molecule has 0 radical (unpaired) electrons. The Hall–Kier alpha value is -0.0400. The van der Waals surface area contributed by atoms with Gasteiger partial charge < -0.3 is 5.32 Å². The minimum Gasteiger partial charge on any atom is -0.314 e. The van der Waals surface area contributed by atoms with Crippen LogP contribution in [0.4, 0.5) is 0 Å². The highest BCUT2D eigenvalue weighted by molar-refractivity contribution is 4.75. The zero-order valence-corrected chi connectivity index (χ0v) is 14.1. The van der Waals surface area contributed by atoms with Crippen molar-refractivity contribution >= 4 is 0 Å². The summed E-state index contributed by atoms with van der Waals surface area (Å²) in [5, 5.41) is 3.82. The van der Waals surface area contributed by atoms with Gasteiger partial charge in [0.25, 0.3) is 0 Å². The van der Waals surface area contributed by atoms with Crippen molar-refractivity contribution in [3.8, 4) is 0 Å². The molecule has 0 aliphatic rings. The maximum absolute atomic E-state index is 3.82. The van der Waals surface area contributed by atoms with E-state index >= 15 is 0 Å². The van der Waals surface area contributed by atoms with E-state index in [2.05, 4.69) is 33.0 Å². The van der Waals surface area contributed by atoms with Crippen LogP contribution in [0.25, 0.3) is 0 Å². The molecule has 2 unspecified atom stereocenters. The Kier molecular flexibility index (Phi) is 14.3. The molecule has 0 rings (SSSR count). The Morgan fingerprint density at radius 3 is 1.95 bits per heavy atom. The first kappa shape index (κ1) is 19.0. The predicted octanol–water partition coefficient (Wildman–Crippen LogP) is 5.93. The van der Waals surface area contributed by atoms with Crippen molar-refractivity contribution in [3.63, 3.8) is 0 Å². The van der Waals surface area contributed by atoms with Crippen molar-refractivity contribution < 1.29 is 0 Å². The van der Waals surface area contributed by atoms with E-state index in [9.17, 15) is 0 Å². The molecule has 2 atom stereocenters. The van der Waals surface area contributed by atoms with Gasteiger partial charge in [-0.15, -0.1) is 0 Å². The van der Waals surface area contributed by atoms with E-state index in [0.717, 1.165) is 12.0 Å². The fourth-order valence-corrected chi connectivity index (χ4v) is 2.96. The molecule has 19 heavy (non-hydrogen) atoms. The Morgan fingerprint density at radius 1 is 0.684 bits per heavy atom. The van der Waals surface area contributed by atoms with Crippen molar-refractivity contribution in [1.29, 1.82) is 0 Å². The van der Waals surface area contributed by atoms with Gasteiger partial charge in [0, 0.05) is 6.04 Å². The summed E-state index contributed by atoms with van der Waals surface area (Å²) in [7, 11) is 0. The molecule has 116 valence electrons. The number of hydrogen-bond donors (Lipinski definition) is 1. The topological polar surface area (TPSA) is 12.0 Å². The molecule has 1 nitrogen and oxygen atoms in total. The molecule has 0 spiro atoms. The lowest BCUT2D eigenvalue weighted by Gasteiger charge is -2.27. The van der Waals surface area contributed by atoms with Crippen LogP contribution in [-0.2, 0) is 0 Å². The zero-order chi connectivity index (χ0) is 14.3. The third kappa shape index (κ3) is 10.4. The van der Waals surface area contributed by atoms with Gasteiger partial charge in [0.1, 0.15) is 0 Å². The van der Waals surface area contributed by atoms with Crippen molar-refractivity contribution in [2.45, 2.75) is 104 Å². The smallest absolute Gasteiger partial charge is 0.00952 e. The van der Waals surface area contributed by atoms with Crippen molar-refractivity contribution in [1.82, 2.24) is 5.32 Å². The van der Waals surface area contributed by atoms with Gasteiger partial charge in [0.2, 0.25) is 0 Å². The highest BCUT2D eigenvalue weighted by Gasteiger charge is 2.18. The zero-order valence-electron chi connectivity index (χ0n) is 14.1. The Morgan fingerprint density at radius 2 is 1.37 bits per heavy atom. The second-order valence-corrected chi connectivity index (χ2v) is 6.07. The van der Waals surface area contributed by atoms with E-state index < -0.39 is 0 Å². The molecule has 0 amide bonds. The minimum atomic E-state index is 0.776. The summed E-state index contributed by atoms with van der Waals surface area (Å²) in [5.41, 5.74) is 0. The average Bonchev–Trinajstić information content (AvgIpc) is 2.44. The molecule has 0 bridgehead atoms. The largest absolute Gasteiger partial charge is 0.314 e. The fourth-order valence-electron chi connectivity index (χ4n) is 2.96. The van der Waals surface area contributed by atoms with Crippen LogP contribution in [0.2, 0.25) is 0 Å². The number of hydrogen-bond acceptors (Lipinski definition) is 1. The van der Waals surface area contributed by atoms with Gasteiger partial charge in [-0.25, -0.2) is 0 Å². The van der Waals surface area contributed by atoms with Gasteiger partial charge in [-0.2, -0.15) is 0 Å². The molecule has 0 aromatic rings. The van der Waals surface area contributed by atoms with Crippen LogP contribution in [0.1, 0.15) is 98.3 Å². The van der Waals surface area contributed by atoms with Gasteiger partial charge in [0.05, 0.1) is 0 Å². The fraction of sp³-hybridized carbons (Fsp3) is 1.00. The van der Waals surface area contributed by atoms with Gasteiger partial charge in [-0.1, -0.05) is 79.1 Å². The molecule has 0 aromatic heterocycles. The lowest BCUT2D eigenvalue weighted by molar-refractivity contribution is 0.296. The normalized spacial score (nSPS) is 14.5. The van der Waals surface area contributed by atoms with E-state index in [-0.39, 0.29) is 0 Å². The Bertz CT molecular complexity index is 167. The summed E-state index contributed by atoms with van der Waals surface area (Å²) in [6.45, 7) is 10.5. The second-order valence-electron chi connectivity index (χ2n) is 6.07. The van der Waals surface area contributed by atoms with Crippen LogP contribution in [0, 0.1) is 5.92 Å².